The van der Waals surface area contributed by atoms with Crippen molar-refractivity contribution in [1.29, 1.82) is 0 Å². The van der Waals surface area contributed by atoms with Crippen molar-refractivity contribution in [2.75, 3.05) is 38.7 Å². The molecule has 1 aliphatic rings. The molecule has 1 saturated heterocycles. The maximum Gasteiger partial charge on any atom is 0.261 e. The predicted octanol–water partition coefficient (Wildman–Crippen LogP) is 4.20. The number of carbonyl (C=O) groups is 1. The zero-order valence-electron chi connectivity index (χ0n) is 20.2. The Kier molecular flexibility index (Phi) is 7.01. The third-order valence-electron chi connectivity index (χ3n) is 6.05. The molecule has 9 nitrogen and oxygen atoms in total. The minimum atomic E-state index is -0.352. The molecule has 184 valence electrons. The predicted molar refractivity (Wildman–Crippen MR) is 135 cm³/mol. The van der Waals surface area contributed by atoms with Gasteiger partial charge in [-0.1, -0.05) is 35.5 Å². The molecule has 36 heavy (non-hydrogen) atoms. The lowest BCUT2D eigenvalue weighted by atomic mass is 10.1. The lowest BCUT2D eigenvalue weighted by Gasteiger charge is -2.26. The Balaban J connectivity index is 1.33. The summed E-state index contributed by atoms with van der Waals surface area (Å²) in [5.41, 5.74) is 4.64. The molecule has 1 aromatic carbocycles. The highest BCUT2D eigenvalue weighted by molar-refractivity contribution is 6.09. The number of rotatable bonds is 7. The standard InChI is InChI=1S/C27H27N5O4/c1-18-24(25(31-36-18)19-6-4-3-5-7-19)26(33)29-23-11-10-22(30-27(23)34-2)20-8-9-21(28-16-20)17-32-12-14-35-15-13-32/h3-11,16H,12-15,17H2,1-2H3,(H,29,33). The fraction of sp³-hybridized carbons (Fsp3) is 0.259. The summed E-state index contributed by atoms with van der Waals surface area (Å²) in [6.45, 7) is 5.85. The average molecular weight is 486 g/mol. The number of pyridine rings is 2. The van der Waals surface area contributed by atoms with Gasteiger partial charge in [0.2, 0.25) is 5.88 Å². The minimum Gasteiger partial charge on any atom is -0.479 e. The maximum absolute atomic E-state index is 13.2. The van der Waals surface area contributed by atoms with E-state index in [0.717, 1.165) is 49.7 Å². The summed E-state index contributed by atoms with van der Waals surface area (Å²) in [5.74, 6) is 0.376. The van der Waals surface area contributed by atoms with Crippen LogP contribution in [0.4, 0.5) is 5.69 Å². The summed E-state index contributed by atoms with van der Waals surface area (Å²) < 4.78 is 16.2. The van der Waals surface area contributed by atoms with Gasteiger partial charge in [-0.3, -0.25) is 14.7 Å². The van der Waals surface area contributed by atoms with Crippen LogP contribution in [0, 0.1) is 6.92 Å². The lowest BCUT2D eigenvalue weighted by molar-refractivity contribution is 0.0336. The number of methoxy groups -OCH3 is 1. The van der Waals surface area contributed by atoms with Crippen molar-refractivity contribution in [3.63, 3.8) is 0 Å². The summed E-state index contributed by atoms with van der Waals surface area (Å²) in [4.78, 5) is 24.7. The first kappa shape index (κ1) is 23.7. The summed E-state index contributed by atoms with van der Waals surface area (Å²) in [7, 11) is 1.52. The van der Waals surface area contributed by atoms with E-state index >= 15 is 0 Å². The molecule has 0 bridgehead atoms. The molecule has 4 aromatic rings. The molecule has 1 N–H and O–H groups in total. The Bertz CT molecular complexity index is 1330. The van der Waals surface area contributed by atoms with Crippen molar-refractivity contribution < 1.29 is 18.8 Å². The Morgan fingerprint density at radius 2 is 1.86 bits per heavy atom. The van der Waals surface area contributed by atoms with E-state index in [9.17, 15) is 4.79 Å². The van der Waals surface area contributed by atoms with Gasteiger partial charge in [0.05, 0.1) is 31.7 Å². The number of aromatic nitrogens is 3. The smallest absolute Gasteiger partial charge is 0.261 e. The van der Waals surface area contributed by atoms with E-state index in [2.05, 4.69) is 25.3 Å². The first-order valence-electron chi connectivity index (χ1n) is 11.8. The quantitative estimate of drug-likeness (QED) is 0.416. The van der Waals surface area contributed by atoms with Crippen molar-refractivity contribution >= 4 is 11.6 Å². The molecule has 0 saturated carbocycles. The van der Waals surface area contributed by atoms with Crippen LogP contribution >= 0.6 is 0 Å². The van der Waals surface area contributed by atoms with Gasteiger partial charge in [0, 0.05) is 37.0 Å². The van der Waals surface area contributed by atoms with E-state index < -0.39 is 0 Å². The van der Waals surface area contributed by atoms with Crippen LogP contribution in [0.15, 0.2) is 65.3 Å². The molecule has 0 spiro atoms. The molecular weight excluding hydrogens is 458 g/mol. The summed E-state index contributed by atoms with van der Waals surface area (Å²) in [6, 6.07) is 17.0. The van der Waals surface area contributed by atoms with E-state index in [-0.39, 0.29) is 5.91 Å². The van der Waals surface area contributed by atoms with Crippen molar-refractivity contribution in [2.24, 2.45) is 0 Å². The van der Waals surface area contributed by atoms with Gasteiger partial charge in [-0.25, -0.2) is 4.98 Å². The Morgan fingerprint density at radius 1 is 1.06 bits per heavy atom. The highest BCUT2D eigenvalue weighted by Crippen LogP contribution is 2.30. The monoisotopic (exact) mass is 485 g/mol. The van der Waals surface area contributed by atoms with Gasteiger partial charge in [0.1, 0.15) is 22.7 Å². The number of amides is 1. The van der Waals surface area contributed by atoms with Crippen molar-refractivity contribution in [3.8, 4) is 28.4 Å². The van der Waals surface area contributed by atoms with E-state index in [1.165, 1.54) is 7.11 Å². The van der Waals surface area contributed by atoms with E-state index in [4.69, 9.17) is 14.0 Å². The molecule has 3 aromatic heterocycles. The molecule has 1 fully saturated rings. The largest absolute Gasteiger partial charge is 0.479 e. The SMILES string of the molecule is COc1nc(-c2ccc(CN3CCOCC3)nc2)ccc1NC(=O)c1c(-c2ccccc2)noc1C. The van der Waals surface area contributed by atoms with Gasteiger partial charge in [-0.05, 0) is 31.2 Å². The van der Waals surface area contributed by atoms with Gasteiger partial charge in [-0.2, -0.15) is 0 Å². The Hall–Kier alpha value is -4.08. The lowest BCUT2D eigenvalue weighted by Crippen LogP contribution is -2.35. The highest BCUT2D eigenvalue weighted by atomic mass is 16.5. The van der Waals surface area contributed by atoms with Crippen LogP contribution < -0.4 is 10.1 Å². The Morgan fingerprint density at radius 3 is 2.58 bits per heavy atom. The van der Waals surface area contributed by atoms with Crippen molar-refractivity contribution in [3.05, 3.63) is 77.8 Å². The van der Waals surface area contributed by atoms with Crippen LogP contribution in [0.2, 0.25) is 0 Å². The summed E-state index contributed by atoms with van der Waals surface area (Å²) >= 11 is 0. The second-order valence-electron chi connectivity index (χ2n) is 8.46. The number of anilines is 1. The normalized spacial score (nSPS) is 13.9. The number of aryl methyl sites for hydroxylation is 1. The highest BCUT2D eigenvalue weighted by Gasteiger charge is 2.23. The van der Waals surface area contributed by atoms with Gasteiger partial charge in [-0.15, -0.1) is 0 Å². The molecule has 9 heteroatoms. The Labute approximate surface area is 209 Å². The summed E-state index contributed by atoms with van der Waals surface area (Å²) in [5, 5.41) is 6.98. The third-order valence-corrected chi connectivity index (χ3v) is 6.05. The number of nitrogens with zero attached hydrogens (tertiary/aromatic N) is 4. The molecule has 0 unspecified atom stereocenters. The molecule has 5 rings (SSSR count). The molecule has 4 heterocycles. The summed E-state index contributed by atoms with van der Waals surface area (Å²) in [6.07, 6.45) is 1.81. The average Bonchev–Trinajstić information content (AvgIpc) is 3.32. The topological polar surface area (TPSA) is 103 Å². The fourth-order valence-corrected chi connectivity index (χ4v) is 4.13. The van der Waals surface area contributed by atoms with Crippen molar-refractivity contribution in [2.45, 2.75) is 13.5 Å². The second-order valence-corrected chi connectivity index (χ2v) is 8.46. The van der Waals surface area contributed by atoms with Crippen LogP contribution in [0.3, 0.4) is 0 Å². The molecule has 0 aliphatic carbocycles. The molecule has 0 radical (unpaired) electrons. The van der Waals surface area contributed by atoms with Crippen molar-refractivity contribution in [1.82, 2.24) is 20.0 Å². The maximum atomic E-state index is 13.2. The van der Waals surface area contributed by atoms with Gasteiger partial charge >= 0.3 is 0 Å². The first-order chi connectivity index (χ1) is 17.6. The zero-order chi connectivity index (χ0) is 24.9. The number of ether oxygens (including phenoxy) is 2. The fourth-order valence-electron chi connectivity index (χ4n) is 4.13. The van der Waals surface area contributed by atoms with E-state index in [1.54, 1.807) is 13.0 Å². The van der Waals surface area contributed by atoms with Crippen LogP contribution in [0.5, 0.6) is 5.88 Å². The number of morpholine rings is 1. The zero-order valence-corrected chi connectivity index (χ0v) is 20.2. The van der Waals surface area contributed by atoms with E-state index in [1.807, 2.05) is 54.7 Å². The van der Waals surface area contributed by atoms with E-state index in [0.29, 0.717) is 34.3 Å². The number of benzene rings is 1. The molecule has 0 atom stereocenters. The first-order valence-corrected chi connectivity index (χ1v) is 11.8. The number of carbonyl (C=O) groups excluding carboxylic acids is 1. The van der Waals surface area contributed by atoms with Gasteiger partial charge < -0.3 is 19.3 Å². The van der Waals surface area contributed by atoms with Gasteiger partial charge in [0.25, 0.3) is 5.91 Å². The van der Waals surface area contributed by atoms with Crippen LogP contribution in [0.1, 0.15) is 21.8 Å². The van der Waals surface area contributed by atoms with Gasteiger partial charge in [0.15, 0.2) is 0 Å². The van der Waals surface area contributed by atoms with Crippen LogP contribution in [-0.4, -0.2) is 59.3 Å². The van der Waals surface area contributed by atoms with Crippen LogP contribution in [-0.2, 0) is 11.3 Å². The van der Waals surface area contributed by atoms with Crippen LogP contribution in [0.25, 0.3) is 22.5 Å². The molecular formula is C27H27N5O4. The number of hydrogen-bond donors (Lipinski definition) is 1. The number of nitrogens with one attached hydrogen (secondary N) is 1. The third kappa shape index (κ3) is 5.12. The second kappa shape index (κ2) is 10.7. The molecule has 1 amide bonds. The molecule has 1 aliphatic heterocycles. The minimum absolute atomic E-state index is 0.300. The number of hydrogen-bond acceptors (Lipinski definition) is 8.